The molecule has 1 heterocycles. The van der Waals surface area contributed by atoms with E-state index in [1.54, 1.807) is 18.7 Å². The number of ether oxygens (including phenoxy) is 1. The minimum Gasteiger partial charge on any atom is -0.383 e. The Hall–Kier alpha value is -1.51. The molecule has 1 aromatic carbocycles. The van der Waals surface area contributed by atoms with Crippen LogP contribution in [0.2, 0.25) is 0 Å². The van der Waals surface area contributed by atoms with Gasteiger partial charge in [0.15, 0.2) is 5.16 Å². The predicted octanol–water partition coefficient (Wildman–Crippen LogP) is 1.98. The summed E-state index contributed by atoms with van der Waals surface area (Å²) in [6.07, 6.45) is 1.48. The second-order valence-corrected chi connectivity index (χ2v) is 5.36. The highest BCUT2D eigenvalue weighted by atomic mass is 32.2. The van der Waals surface area contributed by atoms with Gasteiger partial charge in [-0.1, -0.05) is 0 Å². The number of aromatic nitrogens is 3. The van der Waals surface area contributed by atoms with E-state index in [9.17, 15) is 8.78 Å². The molecule has 0 radical (unpaired) electrons. The molecule has 0 atom stereocenters. The van der Waals surface area contributed by atoms with Crippen molar-refractivity contribution in [2.24, 2.45) is 7.05 Å². The molecule has 5 nitrogen and oxygen atoms in total. The van der Waals surface area contributed by atoms with Gasteiger partial charge in [0, 0.05) is 27.2 Å². The van der Waals surface area contributed by atoms with Crippen molar-refractivity contribution in [1.29, 1.82) is 0 Å². The van der Waals surface area contributed by atoms with E-state index in [0.717, 1.165) is 11.8 Å². The molecule has 0 spiro atoms. The quantitative estimate of drug-likeness (QED) is 0.792. The molecule has 0 unspecified atom stereocenters. The van der Waals surface area contributed by atoms with Crippen molar-refractivity contribution in [2.45, 2.75) is 16.6 Å². The Bertz CT molecular complexity index is 583. The minimum absolute atomic E-state index is 0.0771. The zero-order valence-electron chi connectivity index (χ0n) is 11.8. The molecule has 0 aliphatic rings. The van der Waals surface area contributed by atoms with Crippen LogP contribution in [0.1, 0.15) is 5.56 Å². The summed E-state index contributed by atoms with van der Waals surface area (Å²) in [6.45, 7) is 1.55. The summed E-state index contributed by atoms with van der Waals surface area (Å²) in [4.78, 5) is -0.0771. The second kappa shape index (κ2) is 7.48. The molecule has 0 bridgehead atoms. The molecular weight excluding hydrogens is 298 g/mol. The van der Waals surface area contributed by atoms with Gasteiger partial charge in [0.1, 0.15) is 18.0 Å². The molecule has 0 aliphatic carbocycles. The third-order valence-electron chi connectivity index (χ3n) is 2.73. The van der Waals surface area contributed by atoms with Crippen LogP contribution in [0.5, 0.6) is 0 Å². The molecule has 1 N–H and O–H groups in total. The van der Waals surface area contributed by atoms with Crippen molar-refractivity contribution >= 4 is 11.8 Å². The van der Waals surface area contributed by atoms with Crippen LogP contribution in [0.25, 0.3) is 0 Å². The zero-order valence-corrected chi connectivity index (χ0v) is 12.6. The van der Waals surface area contributed by atoms with E-state index in [0.29, 0.717) is 30.4 Å². The maximum absolute atomic E-state index is 14.0. The summed E-state index contributed by atoms with van der Waals surface area (Å²) in [5, 5.41) is 10.9. The normalized spacial score (nSPS) is 11.0. The lowest BCUT2D eigenvalue weighted by atomic mass is 10.2. The maximum Gasteiger partial charge on any atom is 0.195 e. The molecule has 114 valence electrons. The van der Waals surface area contributed by atoms with Crippen molar-refractivity contribution in [3.05, 3.63) is 35.7 Å². The SMILES string of the molecule is COCCNCc1cc(F)c(Sc2nncn2C)c(F)c1. The first-order chi connectivity index (χ1) is 10.1. The number of hydrogen-bond acceptors (Lipinski definition) is 5. The molecule has 0 amide bonds. The highest BCUT2D eigenvalue weighted by molar-refractivity contribution is 7.99. The molecule has 0 aliphatic heterocycles. The molecule has 2 aromatic rings. The van der Waals surface area contributed by atoms with Crippen molar-refractivity contribution in [2.75, 3.05) is 20.3 Å². The number of methoxy groups -OCH3 is 1. The van der Waals surface area contributed by atoms with Crippen LogP contribution in [0.3, 0.4) is 0 Å². The van der Waals surface area contributed by atoms with Gasteiger partial charge < -0.3 is 14.6 Å². The summed E-state index contributed by atoms with van der Waals surface area (Å²) in [7, 11) is 3.31. The van der Waals surface area contributed by atoms with Crippen LogP contribution in [0.4, 0.5) is 8.78 Å². The zero-order chi connectivity index (χ0) is 15.2. The van der Waals surface area contributed by atoms with E-state index in [1.807, 2.05) is 0 Å². The van der Waals surface area contributed by atoms with Crippen molar-refractivity contribution in [1.82, 2.24) is 20.1 Å². The van der Waals surface area contributed by atoms with Gasteiger partial charge in [-0.3, -0.25) is 0 Å². The van der Waals surface area contributed by atoms with E-state index < -0.39 is 11.6 Å². The monoisotopic (exact) mass is 314 g/mol. The first kappa shape index (κ1) is 15.9. The smallest absolute Gasteiger partial charge is 0.195 e. The van der Waals surface area contributed by atoms with Gasteiger partial charge in [-0.15, -0.1) is 10.2 Å². The lowest BCUT2D eigenvalue weighted by Gasteiger charge is -2.08. The standard InChI is InChI=1S/C13H16F2N4OS/c1-19-8-17-18-13(19)21-12-10(14)5-9(6-11(12)15)7-16-3-4-20-2/h5-6,8,16H,3-4,7H2,1-2H3. The van der Waals surface area contributed by atoms with Crippen molar-refractivity contribution < 1.29 is 13.5 Å². The Labute approximate surface area is 125 Å². The summed E-state index contributed by atoms with van der Waals surface area (Å²) in [5.74, 6) is -1.21. The number of aryl methyl sites for hydroxylation is 1. The number of benzene rings is 1. The molecule has 0 fully saturated rings. The lowest BCUT2D eigenvalue weighted by molar-refractivity contribution is 0.199. The molecule has 8 heteroatoms. The topological polar surface area (TPSA) is 52.0 Å². The van der Waals surface area contributed by atoms with Crippen LogP contribution in [0.15, 0.2) is 28.5 Å². The highest BCUT2D eigenvalue weighted by Crippen LogP contribution is 2.31. The van der Waals surface area contributed by atoms with Crippen LogP contribution in [-0.4, -0.2) is 35.0 Å². The first-order valence-corrected chi connectivity index (χ1v) is 7.13. The average Bonchev–Trinajstić information content (AvgIpc) is 2.84. The Morgan fingerprint density at radius 2 is 2.05 bits per heavy atom. The largest absolute Gasteiger partial charge is 0.383 e. The fourth-order valence-corrected chi connectivity index (χ4v) is 2.45. The Kier molecular flexibility index (Phi) is 5.66. The first-order valence-electron chi connectivity index (χ1n) is 6.31. The van der Waals surface area contributed by atoms with Crippen molar-refractivity contribution in [3.8, 4) is 0 Å². The van der Waals surface area contributed by atoms with Gasteiger partial charge in [0.25, 0.3) is 0 Å². The molecular formula is C13H16F2N4OS. The summed E-state index contributed by atoms with van der Waals surface area (Å²) in [5.41, 5.74) is 0.545. The van der Waals surface area contributed by atoms with E-state index in [1.165, 1.54) is 18.5 Å². The molecule has 1 aromatic heterocycles. The van der Waals surface area contributed by atoms with Crippen LogP contribution in [-0.2, 0) is 18.3 Å². The van der Waals surface area contributed by atoms with Gasteiger partial charge in [0.2, 0.25) is 0 Å². The summed E-state index contributed by atoms with van der Waals surface area (Å²) in [6, 6.07) is 2.64. The van der Waals surface area contributed by atoms with Crippen LogP contribution >= 0.6 is 11.8 Å². The van der Waals surface area contributed by atoms with Gasteiger partial charge in [0.05, 0.1) is 11.5 Å². The fraction of sp³-hybridized carbons (Fsp3) is 0.385. The number of rotatable bonds is 7. The average molecular weight is 314 g/mol. The second-order valence-electron chi connectivity index (χ2n) is 4.38. The highest BCUT2D eigenvalue weighted by Gasteiger charge is 2.15. The number of nitrogens with one attached hydrogen (secondary N) is 1. The van der Waals surface area contributed by atoms with E-state index in [-0.39, 0.29) is 4.90 Å². The number of nitrogens with zero attached hydrogens (tertiary/aromatic N) is 3. The van der Waals surface area contributed by atoms with Gasteiger partial charge in [-0.2, -0.15) is 0 Å². The Morgan fingerprint density at radius 3 is 2.62 bits per heavy atom. The Balaban J connectivity index is 2.08. The van der Waals surface area contributed by atoms with Gasteiger partial charge in [-0.05, 0) is 29.5 Å². The number of halogens is 2. The third kappa shape index (κ3) is 4.23. The minimum atomic E-state index is -0.605. The molecule has 2 rings (SSSR count). The molecule has 21 heavy (non-hydrogen) atoms. The lowest BCUT2D eigenvalue weighted by Crippen LogP contribution is -2.18. The molecule has 0 saturated carbocycles. The summed E-state index contributed by atoms with van der Waals surface area (Å²) < 4.78 is 34.6. The van der Waals surface area contributed by atoms with E-state index >= 15 is 0 Å². The van der Waals surface area contributed by atoms with E-state index in [4.69, 9.17) is 4.74 Å². The maximum atomic E-state index is 14.0. The van der Waals surface area contributed by atoms with Crippen LogP contribution in [0, 0.1) is 11.6 Å². The van der Waals surface area contributed by atoms with Crippen LogP contribution < -0.4 is 5.32 Å². The van der Waals surface area contributed by atoms with Gasteiger partial charge in [-0.25, -0.2) is 8.78 Å². The summed E-state index contributed by atoms with van der Waals surface area (Å²) >= 11 is 0.914. The van der Waals surface area contributed by atoms with E-state index in [2.05, 4.69) is 15.5 Å². The third-order valence-corrected chi connectivity index (χ3v) is 3.88. The predicted molar refractivity (Wildman–Crippen MR) is 75.1 cm³/mol. The Morgan fingerprint density at radius 1 is 1.33 bits per heavy atom. The van der Waals surface area contributed by atoms with Gasteiger partial charge >= 0.3 is 0 Å². The van der Waals surface area contributed by atoms with Crippen molar-refractivity contribution in [3.63, 3.8) is 0 Å². The fourth-order valence-electron chi connectivity index (χ4n) is 1.68. The molecule has 0 saturated heterocycles. The number of hydrogen-bond donors (Lipinski definition) is 1.